The molecule has 0 spiro atoms. The summed E-state index contributed by atoms with van der Waals surface area (Å²) in [7, 11) is 0. The predicted molar refractivity (Wildman–Crippen MR) is 80.9 cm³/mol. The fourth-order valence-corrected chi connectivity index (χ4v) is 2.09. The zero-order valence-corrected chi connectivity index (χ0v) is 12.8. The van der Waals surface area contributed by atoms with E-state index in [1.807, 2.05) is 37.3 Å². The molecule has 0 saturated heterocycles. The molecule has 2 atom stereocenters. The summed E-state index contributed by atoms with van der Waals surface area (Å²) in [5, 5.41) is 22.3. The predicted octanol–water partition coefficient (Wildman–Crippen LogP) is 2.11. The molecule has 0 aliphatic heterocycles. The minimum Gasteiger partial charge on any atom is -0.624 e. The Balaban J connectivity index is 2.84. The number of carbonyl (C=O) groups is 1. The molecule has 0 heterocycles. The third-order valence-corrected chi connectivity index (χ3v) is 3.38. The van der Waals surface area contributed by atoms with Crippen LogP contribution in [0.2, 0.25) is 0 Å². The molecule has 21 heavy (non-hydrogen) atoms. The van der Waals surface area contributed by atoms with E-state index in [2.05, 4.69) is 0 Å². The number of hydrogen-bond acceptors (Lipinski definition) is 4. The van der Waals surface area contributed by atoms with Crippen LogP contribution in [0.3, 0.4) is 0 Å². The maximum atomic E-state index is 12.0. The van der Waals surface area contributed by atoms with E-state index in [0.717, 1.165) is 10.3 Å². The quantitative estimate of drug-likeness (QED) is 0.275. The van der Waals surface area contributed by atoms with E-state index in [0.29, 0.717) is 6.42 Å². The van der Waals surface area contributed by atoms with Crippen molar-refractivity contribution in [3.8, 4) is 0 Å². The standard InChI is InChI=1S/C16H23NO4/c1-4-14(16(3,19)15(18)21-5-2)12-17(20)11-13-9-7-6-8-10-13/h6-10,12,14,19H,4-5,11H2,1-3H3/b17-12-. The summed E-state index contributed by atoms with van der Waals surface area (Å²) in [5.74, 6) is -1.31. The van der Waals surface area contributed by atoms with E-state index >= 15 is 0 Å². The third-order valence-electron chi connectivity index (χ3n) is 3.38. The summed E-state index contributed by atoms with van der Waals surface area (Å²) < 4.78 is 5.61. The molecular formula is C16H23NO4. The van der Waals surface area contributed by atoms with E-state index < -0.39 is 17.5 Å². The Kier molecular flexibility index (Phi) is 6.37. The summed E-state index contributed by atoms with van der Waals surface area (Å²) >= 11 is 0. The molecule has 2 unspecified atom stereocenters. The first-order valence-electron chi connectivity index (χ1n) is 7.14. The van der Waals surface area contributed by atoms with Gasteiger partial charge >= 0.3 is 5.97 Å². The first-order chi connectivity index (χ1) is 9.91. The second-order valence-corrected chi connectivity index (χ2v) is 5.09. The third kappa shape index (κ3) is 4.86. The highest BCUT2D eigenvalue weighted by Gasteiger charge is 2.40. The minimum atomic E-state index is -1.70. The topological polar surface area (TPSA) is 72.6 Å². The molecular weight excluding hydrogens is 270 g/mol. The molecule has 0 fully saturated rings. The number of nitrogens with zero attached hydrogens (tertiary/aromatic N) is 1. The Hall–Kier alpha value is -1.88. The van der Waals surface area contributed by atoms with Gasteiger partial charge in [-0.05, 0) is 20.3 Å². The van der Waals surface area contributed by atoms with Gasteiger partial charge in [0.25, 0.3) is 0 Å². The number of hydroxylamine groups is 1. The number of rotatable bonds is 7. The fourth-order valence-electron chi connectivity index (χ4n) is 2.09. The summed E-state index contributed by atoms with van der Waals surface area (Å²) in [6.45, 7) is 5.23. The van der Waals surface area contributed by atoms with Gasteiger partial charge in [0.15, 0.2) is 18.4 Å². The molecule has 0 aliphatic carbocycles. The maximum absolute atomic E-state index is 12.0. The van der Waals surface area contributed by atoms with Gasteiger partial charge in [-0.1, -0.05) is 37.3 Å². The van der Waals surface area contributed by atoms with Crippen molar-refractivity contribution in [3.63, 3.8) is 0 Å². The van der Waals surface area contributed by atoms with Crippen molar-refractivity contribution in [2.45, 2.75) is 39.3 Å². The molecule has 5 heteroatoms. The first-order valence-corrected chi connectivity index (χ1v) is 7.14. The van der Waals surface area contributed by atoms with Gasteiger partial charge in [0.2, 0.25) is 0 Å². The molecule has 0 aromatic heterocycles. The molecule has 1 aromatic carbocycles. The van der Waals surface area contributed by atoms with Crippen LogP contribution in [-0.4, -0.2) is 34.2 Å². The van der Waals surface area contributed by atoms with E-state index in [1.165, 1.54) is 13.1 Å². The largest absolute Gasteiger partial charge is 0.624 e. The van der Waals surface area contributed by atoms with Crippen LogP contribution in [0.1, 0.15) is 32.8 Å². The number of carbonyl (C=O) groups excluding carboxylic acids is 1. The molecule has 1 rings (SSSR count). The lowest BCUT2D eigenvalue weighted by atomic mass is 9.88. The fraction of sp³-hybridized carbons (Fsp3) is 0.500. The van der Waals surface area contributed by atoms with Gasteiger partial charge in [0.05, 0.1) is 12.5 Å². The van der Waals surface area contributed by atoms with E-state index in [4.69, 9.17) is 4.74 Å². The van der Waals surface area contributed by atoms with Crippen molar-refractivity contribution in [2.75, 3.05) is 6.61 Å². The van der Waals surface area contributed by atoms with Gasteiger partial charge in [0, 0.05) is 5.56 Å². The van der Waals surface area contributed by atoms with Gasteiger partial charge in [-0.25, -0.2) is 9.53 Å². The number of esters is 1. The van der Waals surface area contributed by atoms with Crippen LogP contribution >= 0.6 is 0 Å². The van der Waals surface area contributed by atoms with Crippen LogP contribution in [0.25, 0.3) is 0 Å². The molecule has 0 amide bonds. The minimum absolute atomic E-state index is 0.177. The van der Waals surface area contributed by atoms with Crippen molar-refractivity contribution < 1.29 is 19.4 Å². The molecule has 0 saturated carbocycles. The lowest BCUT2D eigenvalue weighted by molar-refractivity contribution is -0.473. The normalized spacial score (nSPS) is 16.1. The molecule has 1 aromatic rings. The zero-order valence-electron chi connectivity index (χ0n) is 12.8. The first kappa shape index (κ1) is 17.2. The number of aliphatic hydroxyl groups is 1. The molecule has 116 valence electrons. The lowest BCUT2D eigenvalue weighted by Crippen LogP contribution is -2.45. The Labute approximate surface area is 125 Å². The Bertz CT molecular complexity index is 482. The number of ether oxygens (including phenoxy) is 1. The second kappa shape index (κ2) is 7.78. The van der Waals surface area contributed by atoms with Crippen molar-refractivity contribution in [1.82, 2.24) is 0 Å². The maximum Gasteiger partial charge on any atom is 0.338 e. The SMILES string of the molecule is CCOC(=O)C(C)(O)C(/C=[N+](\[O-])Cc1ccccc1)CC. The van der Waals surface area contributed by atoms with Crippen LogP contribution in [0, 0.1) is 11.1 Å². The average molecular weight is 293 g/mol. The Morgan fingerprint density at radius 3 is 2.57 bits per heavy atom. The van der Waals surface area contributed by atoms with Crippen molar-refractivity contribution >= 4 is 12.2 Å². The van der Waals surface area contributed by atoms with Crippen LogP contribution in [0.4, 0.5) is 0 Å². The molecule has 1 N–H and O–H groups in total. The second-order valence-electron chi connectivity index (χ2n) is 5.09. The van der Waals surface area contributed by atoms with Crippen molar-refractivity contribution in [3.05, 3.63) is 41.1 Å². The number of hydrogen-bond donors (Lipinski definition) is 1. The van der Waals surface area contributed by atoms with E-state index in [-0.39, 0.29) is 13.2 Å². The van der Waals surface area contributed by atoms with Crippen LogP contribution in [-0.2, 0) is 16.1 Å². The van der Waals surface area contributed by atoms with Gasteiger partial charge in [-0.2, -0.15) is 0 Å². The smallest absolute Gasteiger partial charge is 0.338 e. The molecule has 0 radical (unpaired) electrons. The molecule has 5 nitrogen and oxygen atoms in total. The van der Waals surface area contributed by atoms with Gasteiger partial charge in [0.1, 0.15) is 0 Å². The molecule has 0 bridgehead atoms. The van der Waals surface area contributed by atoms with Crippen LogP contribution in [0.5, 0.6) is 0 Å². The van der Waals surface area contributed by atoms with E-state index in [1.54, 1.807) is 6.92 Å². The van der Waals surface area contributed by atoms with Gasteiger partial charge in [-0.15, -0.1) is 0 Å². The highest BCUT2D eigenvalue weighted by Crippen LogP contribution is 2.21. The summed E-state index contributed by atoms with van der Waals surface area (Å²) in [4.78, 5) is 11.8. The van der Waals surface area contributed by atoms with Crippen molar-refractivity contribution in [2.24, 2.45) is 5.92 Å². The zero-order chi connectivity index (χ0) is 15.9. The molecule has 0 aliphatic rings. The van der Waals surface area contributed by atoms with E-state index in [9.17, 15) is 15.1 Å². The van der Waals surface area contributed by atoms with Gasteiger partial charge in [-0.3, -0.25) is 0 Å². The Morgan fingerprint density at radius 2 is 2.05 bits per heavy atom. The Morgan fingerprint density at radius 1 is 1.43 bits per heavy atom. The summed E-state index contributed by atoms with van der Waals surface area (Å²) in [6.07, 6.45) is 1.81. The summed E-state index contributed by atoms with van der Waals surface area (Å²) in [6, 6.07) is 9.29. The average Bonchev–Trinajstić information content (AvgIpc) is 2.45. The number of benzene rings is 1. The monoisotopic (exact) mass is 293 g/mol. The van der Waals surface area contributed by atoms with Gasteiger partial charge < -0.3 is 15.1 Å². The van der Waals surface area contributed by atoms with Crippen molar-refractivity contribution in [1.29, 1.82) is 0 Å². The highest BCUT2D eigenvalue weighted by molar-refractivity contribution is 5.83. The summed E-state index contributed by atoms with van der Waals surface area (Å²) in [5.41, 5.74) is -0.834. The van der Waals surface area contributed by atoms with Crippen LogP contribution in [0.15, 0.2) is 30.3 Å². The highest BCUT2D eigenvalue weighted by atomic mass is 16.5. The lowest BCUT2D eigenvalue weighted by Gasteiger charge is -2.26. The van der Waals surface area contributed by atoms with Crippen LogP contribution < -0.4 is 0 Å².